The molecular formula is C21H23NO3. The summed E-state index contributed by atoms with van der Waals surface area (Å²) in [5.74, 6) is 1.67. The Hall–Kier alpha value is -2.49. The summed E-state index contributed by atoms with van der Waals surface area (Å²) in [6, 6.07) is 16.2. The van der Waals surface area contributed by atoms with Crippen LogP contribution in [0.25, 0.3) is 0 Å². The lowest BCUT2D eigenvalue weighted by atomic mass is 9.89. The predicted molar refractivity (Wildman–Crippen MR) is 96.2 cm³/mol. The Bertz CT molecular complexity index is 707. The number of hydrogen-bond acceptors (Lipinski definition) is 3. The van der Waals surface area contributed by atoms with Crippen LogP contribution in [0, 0.1) is 0 Å². The molecule has 1 N–H and O–H groups in total. The van der Waals surface area contributed by atoms with Crippen molar-refractivity contribution in [3.8, 4) is 11.5 Å². The average Bonchev–Trinajstić information content (AvgIpc) is 2.66. The molecule has 1 fully saturated rings. The number of hydrogen-bond donors (Lipinski definition) is 1. The molecule has 4 rings (SSSR count). The maximum atomic E-state index is 12.2. The van der Waals surface area contributed by atoms with E-state index in [0.29, 0.717) is 6.61 Å². The molecular weight excluding hydrogens is 314 g/mol. The highest BCUT2D eigenvalue weighted by Crippen LogP contribution is 2.43. The van der Waals surface area contributed by atoms with E-state index in [0.717, 1.165) is 35.5 Å². The van der Waals surface area contributed by atoms with Gasteiger partial charge in [-0.25, -0.2) is 4.79 Å². The van der Waals surface area contributed by atoms with E-state index in [1.165, 1.54) is 19.3 Å². The van der Waals surface area contributed by atoms with Gasteiger partial charge in [-0.1, -0.05) is 55.7 Å². The largest absolute Gasteiger partial charge is 0.457 e. The van der Waals surface area contributed by atoms with Crippen LogP contribution in [0.5, 0.6) is 11.5 Å². The number of alkyl carbamates (subject to hydrolysis) is 1. The zero-order chi connectivity index (χ0) is 17.1. The second-order valence-electron chi connectivity index (χ2n) is 6.81. The lowest BCUT2D eigenvalue weighted by Crippen LogP contribution is -2.37. The standard InChI is InChI=1S/C21H23NO3/c23-21(22-15-8-2-1-3-9-15)24-14-18-16-10-4-6-12-19(16)25-20-13-7-5-11-17(18)20/h4-7,10-13,15,18H,1-3,8-9,14H2,(H,22,23). The number of nitrogens with one attached hydrogen (secondary N) is 1. The second-order valence-corrected chi connectivity index (χ2v) is 6.81. The molecule has 0 aromatic heterocycles. The molecule has 0 radical (unpaired) electrons. The zero-order valence-electron chi connectivity index (χ0n) is 14.2. The summed E-state index contributed by atoms with van der Waals surface area (Å²) in [4.78, 5) is 12.2. The number of carbonyl (C=O) groups excluding carboxylic acids is 1. The van der Waals surface area contributed by atoms with E-state index in [2.05, 4.69) is 5.32 Å². The smallest absolute Gasteiger partial charge is 0.407 e. The lowest BCUT2D eigenvalue weighted by Gasteiger charge is -2.28. The van der Waals surface area contributed by atoms with Crippen LogP contribution < -0.4 is 10.1 Å². The third-order valence-electron chi connectivity index (χ3n) is 5.12. The number of benzene rings is 2. The molecule has 2 aliphatic rings. The van der Waals surface area contributed by atoms with Gasteiger partial charge in [-0.05, 0) is 25.0 Å². The SMILES string of the molecule is O=C(NC1CCCCC1)OCC1c2ccccc2Oc2ccccc21. The Morgan fingerprint density at radius 2 is 1.56 bits per heavy atom. The van der Waals surface area contributed by atoms with Crippen molar-refractivity contribution < 1.29 is 14.3 Å². The second kappa shape index (κ2) is 7.18. The molecule has 1 amide bonds. The molecule has 130 valence electrons. The van der Waals surface area contributed by atoms with E-state index in [1.54, 1.807) is 0 Å². The molecule has 2 aromatic rings. The molecule has 0 spiro atoms. The van der Waals surface area contributed by atoms with Crippen molar-refractivity contribution in [2.45, 2.75) is 44.1 Å². The fourth-order valence-corrected chi connectivity index (χ4v) is 3.80. The van der Waals surface area contributed by atoms with Crippen LogP contribution >= 0.6 is 0 Å². The Balaban J connectivity index is 1.47. The summed E-state index contributed by atoms with van der Waals surface area (Å²) in [5, 5.41) is 3.01. The molecule has 25 heavy (non-hydrogen) atoms. The van der Waals surface area contributed by atoms with Gasteiger partial charge in [-0.3, -0.25) is 0 Å². The van der Waals surface area contributed by atoms with Gasteiger partial charge >= 0.3 is 6.09 Å². The van der Waals surface area contributed by atoms with E-state index in [4.69, 9.17) is 9.47 Å². The Morgan fingerprint density at radius 1 is 0.960 bits per heavy atom. The van der Waals surface area contributed by atoms with Gasteiger partial charge in [0.1, 0.15) is 18.1 Å². The zero-order valence-corrected chi connectivity index (χ0v) is 14.2. The first-order valence-electron chi connectivity index (χ1n) is 9.10. The van der Waals surface area contributed by atoms with E-state index in [1.807, 2.05) is 48.5 Å². The first-order chi connectivity index (χ1) is 12.3. The van der Waals surface area contributed by atoms with Crippen LogP contribution in [0.3, 0.4) is 0 Å². The molecule has 0 atom stereocenters. The van der Waals surface area contributed by atoms with Crippen LogP contribution in [-0.2, 0) is 4.74 Å². The quantitative estimate of drug-likeness (QED) is 0.859. The van der Waals surface area contributed by atoms with Crippen molar-refractivity contribution >= 4 is 6.09 Å². The third-order valence-corrected chi connectivity index (χ3v) is 5.12. The maximum absolute atomic E-state index is 12.2. The average molecular weight is 337 g/mol. The topological polar surface area (TPSA) is 47.6 Å². The molecule has 4 heteroatoms. The van der Waals surface area contributed by atoms with Crippen LogP contribution in [-0.4, -0.2) is 18.7 Å². The van der Waals surface area contributed by atoms with Crippen molar-refractivity contribution in [1.82, 2.24) is 5.32 Å². The molecule has 1 heterocycles. The molecule has 0 bridgehead atoms. The van der Waals surface area contributed by atoms with Crippen molar-refractivity contribution in [2.75, 3.05) is 6.61 Å². The highest BCUT2D eigenvalue weighted by Gasteiger charge is 2.28. The number of amides is 1. The van der Waals surface area contributed by atoms with E-state index >= 15 is 0 Å². The Kier molecular flexibility index (Phi) is 4.59. The number of fused-ring (bicyclic) bond motifs is 2. The summed E-state index contributed by atoms with van der Waals surface area (Å²) < 4.78 is 11.6. The van der Waals surface area contributed by atoms with Crippen LogP contribution in [0.15, 0.2) is 48.5 Å². The van der Waals surface area contributed by atoms with Crippen molar-refractivity contribution in [3.05, 3.63) is 59.7 Å². The molecule has 1 saturated carbocycles. The number of para-hydroxylation sites is 2. The first kappa shape index (κ1) is 16.0. The molecule has 1 aliphatic heterocycles. The maximum Gasteiger partial charge on any atom is 0.407 e. The normalized spacial score (nSPS) is 17.1. The highest BCUT2D eigenvalue weighted by molar-refractivity contribution is 5.68. The Labute approximate surface area is 148 Å². The van der Waals surface area contributed by atoms with Gasteiger partial charge in [-0.2, -0.15) is 0 Å². The fourth-order valence-electron chi connectivity index (χ4n) is 3.80. The minimum atomic E-state index is -0.312. The van der Waals surface area contributed by atoms with Gasteiger partial charge in [-0.15, -0.1) is 0 Å². The third kappa shape index (κ3) is 3.48. The van der Waals surface area contributed by atoms with Gasteiger partial charge in [0, 0.05) is 17.2 Å². The summed E-state index contributed by atoms with van der Waals surface area (Å²) >= 11 is 0. The molecule has 0 saturated heterocycles. The number of carbonyl (C=O) groups is 1. The Morgan fingerprint density at radius 3 is 2.20 bits per heavy atom. The molecule has 2 aromatic carbocycles. The van der Waals surface area contributed by atoms with Gasteiger partial charge < -0.3 is 14.8 Å². The van der Waals surface area contributed by atoms with E-state index < -0.39 is 0 Å². The summed E-state index contributed by atoms with van der Waals surface area (Å²) in [7, 11) is 0. The highest BCUT2D eigenvalue weighted by atomic mass is 16.5. The lowest BCUT2D eigenvalue weighted by molar-refractivity contribution is 0.135. The minimum Gasteiger partial charge on any atom is -0.457 e. The van der Waals surface area contributed by atoms with Crippen molar-refractivity contribution in [2.24, 2.45) is 0 Å². The van der Waals surface area contributed by atoms with Gasteiger partial charge in [0.25, 0.3) is 0 Å². The van der Waals surface area contributed by atoms with Crippen molar-refractivity contribution in [1.29, 1.82) is 0 Å². The van der Waals surface area contributed by atoms with E-state index in [9.17, 15) is 4.79 Å². The molecule has 4 nitrogen and oxygen atoms in total. The van der Waals surface area contributed by atoms with Crippen LogP contribution in [0.4, 0.5) is 4.79 Å². The predicted octanol–water partition coefficient (Wildman–Crippen LogP) is 4.98. The summed E-state index contributed by atoms with van der Waals surface area (Å²) in [6.07, 6.45) is 5.43. The van der Waals surface area contributed by atoms with Gasteiger partial charge in [0.2, 0.25) is 0 Å². The monoisotopic (exact) mass is 337 g/mol. The van der Waals surface area contributed by atoms with E-state index in [-0.39, 0.29) is 18.1 Å². The fraction of sp³-hybridized carbons (Fsp3) is 0.381. The van der Waals surface area contributed by atoms with Gasteiger partial charge in [0.15, 0.2) is 0 Å². The molecule has 1 aliphatic carbocycles. The van der Waals surface area contributed by atoms with Gasteiger partial charge in [0.05, 0.1) is 5.92 Å². The molecule has 0 unspecified atom stereocenters. The number of rotatable bonds is 3. The van der Waals surface area contributed by atoms with Crippen molar-refractivity contribution in [3.63, 3.8) is 0 Å². The first-order valence-corrected chi connectivity index (χ1v) is 9.10. The summed E-state index contributed by atoms with van der Waals surface area (Å²) in [6.45, 7) is 0.315. The van der Waals surface area contributed by atoms with Crippen LogP contribution in [0.1, 0.15) is 49.1 Å². The minimum absolute atomic E-state index is 0.00161. The van der Waals surface area contributed by atoms with Crippen LogP contribution in [0.2, 0.25) is 0 Å². The summed E-state index contributed by atoms with van der Waals surface area (Å²) in [5.41, 5.74) is 2.12. The number of ether oxygens (including phenoxy) is 2.